The monoisotopic (exact) mass is 893 g/mol. The van der Waals surface area contributed by atoms with Crippen molar-refractivity contribution >= 4 is 28.7 Å². The number of amides is 2. The van der Waals surface area contributed by atoms with Gasteiger partial charge in [0.05, 0.1) is 11.6 Å². The largest absolute Gasteiger partial charge is 0.506 e. The van der Waals surface area contributed by atoms with Gasteiger partial charge in [-0.1, -0.05) is 84.9 Å². The predicted octanol–water partition coefficient (Wildman–Crippen LogP) is 5.24. The number of aromatic amines is 1. The van der Waals surface area contributed by atoms with Gasteiger partial charge in [-0.15, -0.1) is 0 Å². The second-order valence-electron chi connectivity index (χ2n) is 17.3. The normalized spacial score (nSPS) is 17.0. The Morgan fingerprint density at radius 1 is 0.833 bits per heavy atom. The van der Waals surface area contributed by atoms with E-state index in [4.69, 9.17) is 4.74 Å². The third-order valence-corrected chi connectivity index (χ3v) is 12.8. The summed E-state index contributed by atoms with van der Waals surface area (Å²) in [5.74, 6) is -1.49. The van der Waals surface area contributed by atoms with Crippen LogP contribution in [0.1, 0.15) is 69.1 Å². The predicted molar refractivity (Wildman–Crippen MR) is 249 cm³/mol. The highest BCUT2D eigenvalue weighted by molar-refractivity contribution is 5.94. The number of ether oxygens (including phenoxy) is 1. The minimum atomic E-state index is -2.36. The molecule has 2 saturated heterocycles. The SMILES string of the molecule is O=C(COc1cccc([C@@](O)(C(=O)O)c2ccccc2CC2CCN(Cc3ccccc3)CC2)c1)N[C@@H]1CCN(C(=O)c2ccc(CNC[C@H](O)c3ccc(O)c4[nH]c(=O)ccc34)cc2)C1. The highest BCUT2D eigenvalue weighted by Crippen LogP contribution is 2.36. The van der Waals surface area contributed by atoms with Crippen molar-refractivity contribution in [2.75, 3.05) is 39.3 Å². The maximum Gasteiger partial charge on any atom is 0.345 e. The number of carboxylic acid groups (broad SMARTS) is 1. The number of piperidine rings is 1. The quantitative estimate of drug-likeness (QED) is 0.0631. The first-order valence-electron chi connectivity index (χ1n) is 22.4. The van der Waals surface area contributed by atoms with Gasteiger partial charge in [-0.05, 0) is 103 Å². The summed E-state index contributed by atoms with van der Waals surface area (Å²) in [5, 5.41) is 50.3. The number of nitrogens with one attached hydrogen (secondary N) is 3. The number of aliphatic hydroxyl groups excluding tert-OH is 1. The van der Waals surface area contributed by atoms with E-state index in [0.717, 1.165) is 43.6 Å². The second-order valence-corrected chi connectivity index (χ2v) is 17.3. The van der Waals surface area contributed by atoms with Gasteiger partial charge in [0.1, 0.15) is 11.5 Å². The number of aliphatic hydroxyl groups is 2. The standard InChI is InChI=1S/C52H55N5O9/c58-45-19-17-42(43-18-20-47(60)55-49(43)45)46(59)30-53-29-35-13-15-37(16-14-35)50(62)57-26-23-40(32-57)54-48(61)33-66-41-11-6-10-39(28-41)52(65,51(63)64)44-12-5-4-9-38(44)27-34-21-24-56(25-22-34)31-36-7-2-1-3-8-36/h1-20,28,34,40,46,53,58-59,65H,21-27,29-33H2,(H,54,61)(H,55,60)(H,63,64)/t40-,46+,52+/m1/s1. The zero-order valence-corrected chi connectivity index (χ0v) is 36.6. The number of phenolic OH excluding ortho intramolecular Hbond substituents is 1. The van der Waals surface area contributed by atoms with Crippen LogP contribution in [-0.2, 0) is 34.7 Å². The summed E-state index contributed by atoms with van der Waals surface area (Å²) in [5.41, 5.74) is 2.00. The average molecular weight is 894 g/mol. The average Bonchev–Trinajstić information content (AvgIpc) is 3.80. The minimum Gasteiger partial charge on any atom is -0.506 e. The lowest BCUT2D eigenvalue weighted by Gasteiger charge is -2.33. The topological polar surface area (TPSA) is 205 Å². The van der Waals surface area contributed by atoms with Crippen LogP contribution in [0.25, 0.3) is 10.9 Å². The lowest BCUT2D eigenvalue weighted by molar-refractivity contribution is -0.155. The van der Waals surface area contributed by atoms with Crippen molar-refractivity contribution in [3.8, 4) is 11.5 Å². The number of benzene rings is 5. The molecule has 14 heteroatoms. The van der Waals surface area contributed by atoms with E-state index in [2.05, 4.69) is 44.8 Å². The number of aromatic hydroxyl groups is 1. The smallest absolute Gasteiger partial charge is 0.345 e. The maximum atomic E-state index is 13.4. The van der Waals surface area contributed by atoms with Gasteiger partial charge in [0.2, 0.25) is 11.2 Å². The van der Waals surface area contributed by atoms with Crippen molar-refractivity contribution in [3.63, 3.8) is 0 Å². The summed E-state index contributed by atoms with van der Waals surface area (Å²) in [6.45, 7) is 3.83. The zero-order valence-electron chi connectivity index (χ0n) is 36.6. The molecule has 0 saturated carbocycles. The molecule has 5 aromatic carbocycles. The third kappa shape index (κ3) is 10.6. The Hall–Kier alpha value is -6.84. The summed E-state index contributed by atoms with van der Waals surface area (Å²) < 4.78 is 5.84. The number of carbonyl (C=O) groups excluding carboxylic acids is 2. The second kappa shape index (κ2) is 20.6. The number of pyridine rings is 1. The Balaban J connectivity index is 0.805. The molecule has 3 atom stereocenters. The number of likely N-dealkylation sites (tertiary alicyclic amines) is 2. The molecule has 2 aliphatic heterocycles. The minimum absolute atomic E-state index is 0.0784. The summed E-state index contributed by atoms with van der Waals surface area (Å²) in [7, 11) is 0. The first-order chi connectivity index (χ1) is 31.9. The lowest BCUT2D eigenvalue weighted by Crippen LogP contribution is -2.40. The highest BCUT2D eigenvalue weighted by Gasteiger charge is 2.42. The molecule has 0 aliphatic carbocycles. The van der Waals surface area contributed by atoms with Crippen LogP contribution < -0.4 is 20.9 Å². The molecule has 7 N–H and O–H groups in total. The fraction of sp³-hybridized carbons (Fsp3) is 0.308. The Morgan fingerprint density at radius 2 is 1.59 bits per heavy atom. The molecule has 2 amide bonds. The summed E-state index contributed by atoms with van der Waals surface area (Å²) in [6.07, 6.45) is 2.21. The molecule has 8 rings (SSSR count). The Bertz CT molecular complexity index is 2720. The Morgan fingerprint density at radius 3 is 2.36 bits per heavy atom. The molecular weight excluding hydrogens is 839 g/mol. The fourth-order valence-corrected chi connectivity index (χ4v) is 9.20. The molecule has 342 valence electrons. The van der Waals surface area contributed by atoms with Gasteiger partial charge in [-0.3, -0.25) is 19.3 Å². The molecule has 66 heavy (non-hydrogen) atoms. The molecule has 6 aromatic rings. The molecule has 1 aromatic heterocycles. The molecule has 0 unspecified atom stereocenters. The third-order valence-electron chi connectivity index (χ3n) is 12.8. The molecule has 14 nitrogen and oxygen atoms in total. The number of carboxylic acids is 1. The molecule has 0 spiro atoms. The number of aliphatic carboxylic acids is 1. The van der Waals surface area contributed by atoms with E-state index in [-0.39, 0.29) is 53.2 Å². The van der Waals surface area contributed by atoms with Crippen LogP contribution in [0.3, 0.4) is 0 Å². The molecular formula is C52H55N5O9. The lowest BCUT2D eigenvalue weighted by atomic mass is 9.80. The van der Waals surface area contributed by atoms with Crippen LogP contribution in [0.4, 0.5) is 0 Å². The van der Waals surface area contributed by atoms with Crippen LogP contribution >= 0.6 is 0 Å². The number of phenols is 1. The van der Waals surface area contributed by atoms with E-state index in [1.165, 1.54) is 23.8 Å². The summed E-state index contributed by atoms with van der Waals surface area (Å²) in [4.78, 5) is 57.9. The van der Waals surface area contributed by atoms with Gasteiger partial charge >= 0.3 is 5.97 Å². The van der Waals surface area contributed by atoms with E-state index in [9.17, 15) is 39.6 Å². The molecule has 0 radical (unpaired) electrons. The Kier molecular flexibility index (Phi) is 14.2. The van der Waals surface area contributed by atoms with Crippen molar-refractivity contribution in [3.05, 3.63) is 177 Å². The number of hydrogen-bond acceptors (Lipinski definition) is 10. The van der Waals surface area contributed by atoms with E-state index >= 15 is 0 Å². The number of rotatable bonds is 17. The number of aromatic nitrogens is 1. The molecule has 2 fully saturated rings. The number of nitrogens with zero attached hydrogens (tertiary/aromatic N) is 2. The summed E-state index contributed by atoms with van der Waals surface area (Å²) >= 11 is 0. The van der Waals surface area contributed by atoms with Crippen molar-refractivity contribution in [2.24, 2.45) is 5.92 Å². The number of hydrogen-bond donors (Lipinski definition) is 7. The summed E-state index contributed by atoms with van der Waals surface area (Å²) in [6, 6.07) is 36.6. The molecule has 0 bridgehead atoms. The molecule has 2 aliphatic rings. The zero-order chi connectivity index (χ0) is 46.2. The van der Waals surface area contributed by atoms with E-state index in [0.29, 0.717) is 60.5 Å². The van der Waals surface area contributed by atoms with Gasteiger partial charge in [-0.2, -0.15) is 0 Å². The van der Waals surface area contributed by atoms with Crippen LogP contribution in [0.5, 0.6) is 11.5 Å². The fourth-order valence-electron chi connectivity index (χ4n) is 9.20. The van der Waals surface area contributed by atoms with E-state index < -0.39 is 23.6 Å². The van der Waals surface area contributed by atoms with Crippen LogP contribution in [0, 0.1) is 5.92 Å². The van der Waals surface area contributed by atoms with Gasteiger partial charge in [0.15, 0.2) is 6.61 Å². The first kappa shape index (κ1) is 45.7. The maximum absolute atomic E-state index is 13.4. The molecule has 3 heterocycles. The highest BCUT2D eigenvalue weighted by atomic mass is 16.5. The number of carbonyl (C=O) groups is 3. The van der Waals surface area contributed by atoms with Gasteiger partial charge in [-0.25, -0.2) is 4.79 Å². The van der Waals surface area contributed by atoms with Crippen molar-refractivity contribution in [2.45, 2.75) is 56.5 Å². The first-order valence-corrected chi connectivity index (χ1v) is 22.4. The van der Waals surface area contributed by atoms with Crippen molar-refractivity contribution in [1.29, 1.82) is 0 Å². The van der Waals surface area contributed by atoms with E-state index in [1.807, 2.05) is 30.3 Å². The van der Waals surface area contributed by atoms with Gasteiger partial charge in [0.25, 0.3) is 11.8 Å². The number of fused-ring (bicyclic) bond motifs is 1. The van der Waals surface area contributed by atoms with Crippen LogP contribution in [0.15, 0.2) is 132 Å². The Labute approximate surface area is 382 Å². The van der Waals surface area contributed by atoms with Crippen LogP contribution in [-0.4, -0.2) is 98.4 Å². The van der Waals surface area contributed by atoms with Gasteiger partial charge in [0, 0.05) is 66.9 Å². The van der Waals surface area contributed by atoms with E-state index in [1.54, 1.807) is 59.5 Å². The number of H-pyrrole nitrogens is 1. The van der Waals surface area contributed by atoms with Gasteiger partial charge < -0.3 is 45.7 Å². The van der Waals surface area contributed by atoms with Crippen molar-refractivity contribution in [1.82, 2.24) is 25.4 Å². The van der Waals surface area contributed by atoms with Crippen molar-refractivity contribution < 1.29 is 39.5 Å². The van der Waals surface area contributed by atoms with Crippen LogP contribution in [0.2, 0.25) is 0 Å².